The number of nitrogens with one attached hydrogen (secondary N) is 1. The third-order valence-electron chi connectivity index (χ3n) is 4.84. The van der Waals surface area contributed by atoms with Gasteiger partial charge in [-0.15, -0.1) is 0 Å². The molecule has 1 fully saturated rings. The van der Waals surface area contributed by atoms with E-state index >= 15 is 0 Å². The van der Waals surface area contributed by atoms with Crippen LogP contribution in [0.5, 0.6) is 0 Å². The van der Waals surface area contributed by atoms with Crippen LogP contribution in [0, 0.1) is 0 Å². The van der Waals surface area contributed by atoms with Crippen LogP contribution in [-0.2, 0) is 9.59 Å². The van der Waals surface area contributed by atoms with E-state index < -0.39 is 0 Å². The van der Waals surface area contributed by atoms with Crippen LogP contribution in [0.25, 0.3) is 0 Å². The number of amides is 2. The van der Waals surface area contributed by atoms with Crippen LogP contribution >= 0.6 is 0 Å². The zero-order chi connectivity index (χ0) is 17.5. The standard InChI is InChI=1S/C20H30N2O2/c1-15(2)18-12-8-9-13-19(18)21-20(24)14-22(16(3)23)17-10-6-4-5-7-11-17/h8-9,12-13,15,17H,4-7,10-11,14H2,1-3H3,(H,21,24). The van der Waals surface area contributed by atoms with Gasteiger partial charge >= 0.3 is 0 Å². The maximum absolute atomic E-state index is 12.5. The van der Waals surface area contributed by atoms with Gasteiger partial charge in [0.2, 0.25) is 11.8 Å². The lowest BCUT2D eigenvalue weighted by atomic mass is 10.0. The van der Waals surface area contributed by atoms with Gasteiger partial charge in [0.1, 0.15) is 6.54 Å². The molecule has 0 bridgehead atoms. The van der Waals surface area contributed by atoms with Crippen molar-refractivity contribution >= 4 is 17.5 Å². The van der Waals surface area contributed by atoms with E-state index in [0.29, 0.717) is 5.92 Å². The van der Waals surface area contributed by atoms with Crippen LogP contribution in [0.4, 0.5) is 5.69 Å². The Labute approximate surface area is 145 Å². The summed E-state index contributed by atoms with van der Waals surface area (Å²) in [6, 6.07) is 8.08. The van der Waals surface area contributed by atoms with Crippen molar-refractivity contribution in [2.45, 2.75) is 71.3 Å². The molecule has 0 radical (unpaired) electrons. The Morgan fingerprint density at radius 1 is 1.12 bits per heavy atom. The number of carbonyl (C=O) groups excluding carboxylic acids is 2. The second kappa shape index (κ2) is 8.86. The topological polar surface area (TPSA) is 49.4 Å². The summed E-state index contributed by atoms with van der Waals surface area (Å²) in [4.78, 5) is 26.4. The normalized spacial score (nSPS) is 15.8. The van der Waals surface area contributed by atoms with Crippen molar-refractivity contribution in [3.63, 3.8) is 0 Å². The average molecular weight is 330 g/mol. The zero-order valence-corrected chi connectivity index (χ0v) is 15.2. The predicted molar refractivity (Wildman–Crippen MR) is 98.0 cm³/mol. The molecular formula is C20H30N2O2. The number of anilines is 1. The average Bonchev–Trinajstić information content (AvgIpc) is 2.81. The fraction of sp³-hybridized carbons (Fsp3) is 0.600. The van der Waals surface area contributed by atoms with E-state index in [-0.39, 0.29) is 24.4 Å². The van der Waals surface area contributed by atoms with Gasteiger partial charge < -0.3 is 10.2 Å². The lowest BCUT2D eigenvalue weighted by molar-refractivity contribution is -0.135. The van der Waals surface area contributed by atoms with Crippen LogP contribution in [0.1, 0.15) is 70.8 Å². The van der Waals surface area contributed by atoms with Crippen molar-refractivity contribution in [2.75, 3.05) is 11.9 Å². The lowest BCUT2D eigenvalue weighted by Gasteiger charge is -2.30. The summed E-state index contributed by atoms with van der Waals surface area (Å²) in [5.74, 6) is 0.226. The Bertz CT molecular complexity index is 561. The summed E-state index contributed by atoms with van der Waals surface area (Å²) in [6.45, 7) is 5.93. The predicted octanol–water partition coefficient (Wildman–Crippen LogP) is 4.32. The summed E-state index contributed by atoms with van der Waals surface area (Å²) in [5.41, 5.74) is 1.97. The summed E-state index contributed by atoms with van der Waals surface area (Å²) >= 11 is 0. The zero-order valence-electron chi connectivity index (χ0n) is 15.2. The number of nitrogens with zero attached hydrogens (tertiary/aromatic N) is 1. The smallest absolute Gasteiger partial charge is 0.244 e. The summed E-state index contributed by atoms with van der Waals surface area (Å²) in [7, 11) is 0. The van der Waals surface area contributed by atoms with E-state index in [2.05, 4.69) is 19.2 Å². The molecular weight excluding hydrogens is 300 g/mol. The third-order valence-corrected chi connectivity index (χ3v) is 4.84. The number of para-hydroxylation sites is 1. The molecule has 2 rings (SSSR count). The first-order chi connectivity index (χ1) is 11.5. The van der Waals surface area contributed by atoms with Gasteiger partial charge in [-0.05, 0) is 30.4 Å². The van der Waals surface area contributed by atoms with Gasteiger partial charge in [0.15, 0.2) is 0 Å². The number of carbonyl (C=O) groups is 2. The molecule has 0 unspecified atom stereocenters. The number of benzene rings is 1. The highest BCUT2D eigenvalue weighted by atomic mass is 16.2. The largest absolute Gasteiger partial charge is 0.331 e. The maximum atomic E-state index is 12.5. The molecule has 0 saturated heterocycles. The van der Waals surface area contributed by atoms with Crippen LogP contribution < -0.4 is 5.32 Å². The molecule has 0 aliphatic heterocycles. The van der Waals surface area contributed by atoms with Gasteiger partial charge in [0.05, 0.1) is 0 Å². The van der Waals surface area contributed by atoms with Gasteiger partial charge in [-0.2, -0.15) is 0 Å². The van der Waals surface area contributed by atoms with Gasteiger partial charge in [0, 0.05) is 18.7 Å². The molecule has 24 heavy (non-hydrogen) atoms. The lowest BCUT2D eigenvalue weighted by Crippen LogP contribution is -2.43. The van der Waals surface area contributed by atoms with Crippen molar-refractivity contribution < 1.29 is 9.59 Å². The molecule has 1 aliphatic carbocycles. The molecule has 0 spiro atoms. The van der Waals surface area contributed by atoms with E-state index in [1.807, 2.05) is 24.3 Å². The fourth-order valence-corrected chi connectivity index (χ4v) is 3.53. The molecule has 0 heterocycles. The highest BCUT2D eigenvalue weighted by Crippen LogP contribution is 2.25. The molecule has 1 aliphatic rings. The first-order valence-electron chi connectivity index (χ1n) is 9.15. The van der Waals surface area contributed by atoms with Crippen LogP contribution in [0.2, 0.25) is 0 Å². The van der Waals surface area contributed by atoms with Gasteiger partial charge in [-0.25, -0.2) is 0 Å². The van der Waals surface area contributed by atoms with Crippen molar-refractivity contribution in [3.8, 4) is 0 Å². The Hall–Kier alpha value is -1.84. The number of rotatable bonds is 5. The first kappa shape index (κ1) is 18.5. The van der Waals surface area contributed by atoms with E-state index in [1.54, 1.807) is 11.8 Å². The van der Waals surface area contributed by atoms with Gasteiger partial charge in [-0.1, -0.05) is 57.7 Å². The molecule has 4 heteroatoms. The quantitative estimate of drug-likeness (QED) is 0.817. The van der Waals surface area contributed by atoms with Crippen molar-refractivity contribution in [2.24, 2.45) is 0 Å². The fourth-order valence-electron chi connectivity index (χ4n) is 3.53. The second-order valence-corrected chi connectivity index (χ2v) is 7.08. The first-order valence-corrected chi connectivity index (χ1v) is 9.15. The minimum absolute atomic E-state index is 0.00538. The summed E-state index contributed by atoms with van der Waals surface area (Å²) in [6.07, 6.45) is 6.77. The summed E-state index contributed by atoms with van der Waals surface area (Å²) in [5, 5.41) is 3.00. The van der Waals surface area contributed by atoms with E-state index in [9.17, 15) is 9.59 Å². The van der Waals surface area contributed by atoms with E-state index in [4.69, 9.17) is 0 Å². The number of hydrogen-bond donors (Lipinski definition) is 1. The summed E-state index contributed by atoms with van der Waals surface area (Å²) < 4.78 is 0. The molecule has 1 aromatic carbocycles. The molecule has 4 nitrogen and oxygen atoms in total. The molecule has 1 aromatic rings. The van der Waals surface area contributed by atoms with Crippen molar-refractivity contribution in [3.05, 3.63) is 29.8 Å². The van der Waals surface area contributed by atoms with Crippen LogP contribution in [0.3, 0.4) is 0 Å². The Balaban J connectivity index is 2.04. The van der Waals surface area contributed by atoms with Crippen LogP contribution in [0.15, 0.2) is 24.3 Å². The Morgan fingerprint density at radius 2 is 1.75 bits per heavy atom. The second-order valence-electron chi connectivity index (χ2n) is 7.08. The molecule has 0 atom stereocenters. The molecule has 2 amide bonds. The minimum Gasteiger partial charge on any atom is -0.331 e. The Morgan fingerprint density at radius 3 is 2.33 bits per heavy atom. The SMILES string of the molecule is CC(=O)N(CC(=O)Nc1ccccc1C(C)C)C1CCCCCC1. The van der Waals surface area contributed by atoms with Gasteiger partial charge in [0.25, 0.3) is 0 Å². The maximum Gasteiger partial charge on any atom is 0.244 e. The molecule has 132 valence electrons. The highest BCUT2D eigenvalue weighted by Gasteiger charge is 2.24. The van der Waals surface area contributed by atoms with Gasteiger partial charge in [-0.3, -0.25) is 9.59 Å². The Kier molecular flexibility index (Phi) is 6.83. The van der Waals surface area contributed by atoms with Crippen LogP contribution in [-0.4, -0.2) is 29.3 Å². The van der Waals surface area contributed by atoms with Crippen molar-refractivity contribution in [1.82, 2.24) is 4.90 Å². The molecule has 1 N–H and O–H groups in total. The van der Waals surface area contributed by atoms with Crippen molar-refractivity contribution in [1.29, 1.82) is 0 Å². The minimum atomic E-state index is -0.109. The monoisotopic (exact) mass is 330 g/mol. The van der Waals surface area contributed by atoms with E-state index in [0.717, 1.165) is 36.9 Å². The third kappa shape index (κ3) is 5.08. The molecule has 1 saturated carbocycles. The molecule has 0 aromatic heterocycles. The number of hydrogen-bond acceptors (Lipinski definition) is 2. The highest BCUT2D eigenvalue weighted by molar-refractivity contribution is 5.95. The van der Waals surface area contributed by atoms with E-state index in [1.165, 1.54) is 12.8 Å².